The summed E-state index contributed by atoms with van der Waals surface area (Å²) in [6.45, 7) is 0. The van der Waals surface area contributed by atoms with Crippen LogP contribution in [-0.2, 0) is 0 Å². The van der Waals surface area contributed by atoms with E-state index in [-0.39, 0.29) is 5.56 Å². The summed E-state index contributed by atoms with van der Waals surface area (Å²) in [5, 5.41) is 2.54. The van der Waals surface area contributed by atoms with E-state index in [9.17, 15) is 13.6 Å². The van der Waals surface area contributed by atoms with Crippen LogP contribution in [-0.4, -0.2) is 10.9 Å². The van der Waals surface area contributed by atoms with Gasteiger partial charge in [0, 0.05) is 11.8 Å². The number of carbonyl (C=O) groups is 1. The van der Waals surface area contributed by atoms with Crippen molar-refractivity contribution < 1.29 is 13.6 Å². The van der Waals surface area contributed by atoms with Gasteiger partial charge in [-0.25, -0.2) is 13.8 Å². The number of pyridine rings is 1. The zero-order valence-electron chi connectivity index (χ0n) is 8.95. The fourth-order valence-electron chi connectivity index (χ4n) is 1.31. The molecule has 1 heterocycles. The summed E-state index contributed by atoms with van der Waals surface area (Å²) in [6.07, 6.45) is 1.55. The predicted molar refractivity (Wildman–Crippen MR) is 66.2 cm³/mol. The maximum atomic E-state index is 13.0. The Morgan fingerprint density at radius 3 is 2.67 bits per heavy atom. The molecule has 18 heavy (non-hydrogen) atoms. The Kier molecular flexibility index (Phi) is 3.66. The molecule has 6 heteroatoms. The molecule has 0 fully saturated rings. The Hall–Kier alpha value is -1.82. The number of nitrogens with zero attached hydrogens (tertiary/aromatic N) is 1. The van der Waals surface area contributed by atoms with Crippen molar-refractivity contribution in [1.29, 1.82) is 0 Å². The van der Waals surface area contributed by atoms with Crippen molar-refractivity contribution in [1.82, 2.24) is 4.98 Å². The van der Waals surface area contributed by atoms with E-state index in [4.69, 9.17) is 0 Å². The number of halogens is 3. The molecule has 0 radical (unpaired) electrons. The quantitative estimate of drug-likeness (QED) is 0.864. The topological polar surface area (TPSA) is 42.0 Å². The van der Waals surface area contributed by atoms with Gasteiger partial charge in [0.25, 0.3) is 5.91 Å². The lowest BCUT2D eigenvalue weighted by Gasteiger charge is -2.06. The van der Waals surface area contributed by atoms with Gasteiger partial charge in [-0.05, 0) is 46.3 Å². The highest BCUT2D eigenvalue weighted by Gasteiger charge is 2.11. The van der Waals surface area contributed by atoms with E-state index in [0.29, 0.717) is 10.3 Å². The van der Waals surface area contributed by atoms with E-state index in [1.165, 1.54) is 6.07 Å². The number of rotatable bonds is 2. The molecule has 0 bridgehead atoms. The van der Waals surface area contributed by atoms with Crippen LogP contribution >= 0.6 is 15.9 Å². The molecule has 1 N–H and O–H groups in total. The van der Waals surface area contributed by atoms with Gasteiger partial charge in [0.05, 0.1) is 5.69 Å². The minimum Gasteiger partial charge on any atom is -0.320 e. The number of hydrogen-bond donors (Lipinski definition) is 1. The molecule has 1 amide bonds. The SMILES string of the molecule is O=C(Nc1cccnc1Br)c1ccc(F)c(F)c1. The van der Waals surface area contributed by atoms with Gasteiger partial charge in [-0.2, -0.15) is 0 Å². The van der Waals surface area contributed by atoms with Crippen LogP contribution in [0.5, 0.6) is 0 Å². The summed E-state index contributed by atoms with van der Waals surface area (Å²) in [5.74, 6) is -2.59. The number of benzene rings is 1. The van der Waals surface area contributed by atoms with Crippen molar-refractivity contribution in [3.63, 3.8) is 0 Å². The first-order valence-electron chi connectivity index (χ1n) is 4.95. The van der Waals surface area contributed by atoms with Crippen molar-refractivity contribution in [2.45, 2.75) is 0 Å². The van der Waals surface area contributed by atoms with Crippen LogP contribution in [0.4, 0.5) is 14.5 Å². The molecular formula is C12H7BrF2N2O. The van der Waals surface area contributed by atoms with Gasteiger partial charge >= 0.3 is 0 Å². The first-order chi connectivity index (χ1) is 8.58. The van der Waals surface area contributed by atoms with E-state index in [0.717, 1.165) is 12.1 Å². The molecule has 0 aliphatic carbocycles. The summed E-state index contributed by atoms with van der Waals surface area (Å²) < 4.78 is 26.2. The molecular weight excluding hydrogens is 306 g/mol. The van der Waals surface area contributed by atoms with E-state index in [2.05, 4.69) is 26.2 Å². The van der Waals surface area contributed by atoms with Crippen LogP contribution in [0.2, 0.25) is 0 Å². The van der Waals surface area contributed by atoms with Crippen LogP contribution < -0.4 is 5.32 Å². The molecule has 0 unspecified atom stereocenters. The highest BCUT2D eigenvalue weighted by Crippen LogP contribution is 2.19. The summed E-state index contributed by atoms with van der Waals surface area (Å²) >= 11 is 3.16. The van der Waals surface area contributed by atoms with Gasteiger partial charge in [-0.3, -0.25) is 4.79 Å². The minimum atomic E-state index is -1.06. The zero-order chi connectivity index (χ0) is 13.1. The van der Waals surface area contributed by atoms with Crippen molar-refractivity contribution in [2.75, 3.05) is 5.32 Å². The molecule has 1 aromatic heterocycles. The molecule has 0 saturated carbocycles. The standard InChI is InChI=1S/C12H7BrF2N2O/c13-11-10(2-1-5-16-11)17-12(18)7-3-4-8(14)9(15)6-7/h1-6H,(H,17,18). The molecule has 0 aliphatic heterocycles. The van der Waals surface area contributed by atoms with Gasteiger partial charge in [0.15, 0.2) is 11.6 Å². The smallest absolute Gasteiger partial charge is 0.255 e. The normalized spacial score (nSPS) is 10.2. The van der Waals surface area contributed by atoms with Crippen LogP contribution in [0.25, 0.3) is 0 Å². The molecule has 0 atom stereocenters. The molecule has 0 spiro atoms. The Bertz CT molecular complexity index is 604. The molecule has 2 aromatic rings. The van der Waals surface area contributed by atoms with Gasteiger partial charge < -0.3 is 5.32 Å². The van der Waals surface area contributed by atoms with E-state index in [1.807, 2.05) is 0 Å². The Morgan fingerprint density at radius 1 is 1.22 bits per heavy atom. The third-order valence-electron chi connectivity index (χ3n) is 2.19. The second-order valence-corrected chi connectivity index (χ2v) is 4.18. The summed E-state index contributed by atoms with van der Waals surface area (Å²) in [6, 6.07) is 6.23. The molecule has 1 aromatic carbocycles. The van der Waals surface area contributed by atoms with Crippen molar-refractivity contribution in [3.8, 4) is 0 Å². The van der Waals surface area contributed by atoms with Crippen LogP contribution in [0.3, 0.4) is 0 Å². The van der Waals surface area contributed by atoms with Crippen LogP contribution in [0.15, 0.2) is 41.1 Å². The maximum absolute atomic E-state index is 13.0. The second kappa shape index (κ2) is 5.22. The largest absolute Gasteiger partial charge is 0.320 e. The number of nitrogens with one attached hydrogen (secondary N) is 1. The van der Waals surface area contributed by atoms with E-state index >= 15 is 0 Å². The molecule has 0 aliphatic rings. The maximum Gasteiger partial charge on any atom is 0.255 e. The fourth-order valence-corrected chi connectivity index (χ4v) is 1.66. The van der Waals surface area contributed by atoms with Crippen molar-refractivity contribution in [3.05, 3.63) is 58.3 Å². The Labute approximate surface area is 110 Å². The monoisotopic (exact) mass is 312 g/mol. The molecule has 3 nitrogen and oxygen atoms in total. The summed E-state index contributed by atoms with van der Waals surface area (Å²) in [4.78, 5) is 15.7. The second-order valence-electron chi connectivity index (χ2n) is 3.42. The number of amides is 1. The predicted octanol–water partition coefficient (Wildman–Crippen LogP) is 3.37. The number of hydrogen-bond acceptors (Lipinski definition) is 2. The van der Waals surface area contributed by atoms with E-state index < -0.39 is 17.5 Å². The van der Waals surface area contributed by atoms with Gasteiger partial charge in [-0.15, -0.1) is 0 Å². The minimum absolute atomic E-state index is 0.0321. The Morgan fingerprint density at radius 2 is 2.00 bits per heavy atom. The Balaban J connectivity index is 2.22. The van der Waals surface area contributed by atoms with Crippen LogP contribution in [0, 0.1) is 11.6 Å². The molecule has 2 rings (SSSR count). The number of carbonyl (C=O) groups excluding carboxylic acids is 1. The third-order valence-corrected chi connectivity index (χ3v) is 2.82. The average molecular weight is 313 g/mol. The lowest BCUT2D eigenvalue weighted by molar-refractivity contribution is 0.102. The summed E-state index contributed by atoms with van der Waals surface area (Å²) in [7, 11) is 0. The lowest BCUT2D eigenvalue weighted by atomic mass is 10.2. The summed E-state index contributed by atoms with van der Waals surface area (Å²) in [5.41, 5.74) is 0.483. The number of anilines is 1. The molecule has 0 saturated heterocycles. The highest BCUT2D eigenvalue weighted by atomic mass is 79.9. The van der Waals surface area contributed by atoms with Crippen molar-refractivity contribution in [2.24, 2.45) is 0 Å². The zero-order valence-corrected chi connectivity index (χ0v) is 10.5. The highest BCUT2D eigenvalue weighted by molar-refractivity contribution is 9.10. The van der Waals surface area contributed by atoms with Gasteiger partial charge in [0.2, 0.25) is 0 Å². The fraction of sp³-hybridized carbons (Fsp3) is 0. The van der Waals surface area contributed by atoms with Crippen molar-refractivity contribution >= 4 is 27.5 Å². The van der Waals surface area contributed by atoms with Gasteiger partial charge in [0.1, 0.15) is 4.60 Å². The average Bonchev–Trinajstić information content (AvgIpc) is 2.35. The van der Waals surface area contributed by atoms with E-state index in [1.54, 1.807) is 18.3 Å². The number of aromatic nitrogens is 1. The third kappa shape index (κ3) is 2.70. The molecule has 92 valence electrons. The first-order valence-corrected chi connectivity index (χ1v) is 5.74. The lowest BCUT2D eigenvalue weighted by Crippen LogP contribution is -2.13. The van der Waals surface area contributed by atoms with Crippen LogP contribution in [0.1, 0.15) is 10.4 Å². The van der Waals surface area contributed by atoms with Gasteiger partial charge in [-0.1, -0.05) is 0 Å². The first kappa shape index (κ1) is 12.6.